The predicted molar refractivity (Wildman–Crippen MR) is 72.6 cm³/mol. The van der Waals surface area contributed by atoms with Gasteiger partial charge in [-0.25, -0.2) is 0 Å². The molecule has 0 fully saturated rings. The van der Waals surface area contributed by atoms with E-state index >= 15 is 0 Å². The fourth-order valence-electron chi connectivity index (χ4n) is 2.93. The van der Waals surface area contributed by atoms with Crippen molar-refractivity contribution in [3.05, 3.63) is 17.5 Å². The highest BCUT2D eigenvalue weighted by Crippen LogP contribution is 2.29. The van der Waals surface area contributed by atoms with Gasteiger partial charge in [0.15, 0.2) is 0 Å². The van der Waals surface area contributed by atoms with Gasteiger partial charge in [0.05, 0.1) is 12.8 Å². The average molecular weight is 251 g/mol. The number of hydrogen-bond acceptors (Lipinski definition) is 3. The molecule has 0 bridgehead atoms. The number of hydrogen-bond donors (Lipinski definition) is 1. The molecule has 2 unspecified atom stereocenters. The van der Waals surface area contributed by atoms with Crippen LogP contribution in [0.5, 0.6) is 0 Å². The molecule has 0 saturated heterocycles. The van der Waals surface area contributed by atoms with Crippen LogP contribution in [0, 0.1) is 0 Å². The van der Waals surface area contributed by atoms with Crippen LogP contribution in [0.3, 0.4) is 0 Å². The molecular formula is C14H25N3O. The zero-order chi connectivity index (χ0) is 13.0. The number of rotatable bonds is 6. The normalized spacial score (nSPS) is 20.7. The van der Waals surface area contributed by atoms with Gasteiger partial charge in [-0.15, -0.1) is 0 Å². The van der Waals surface area contributed by atoms with E-state index in [0.29, 0.717) is 12.1 Å². The van der Waals surface area contributed by atoms with Crippen LogP contribution < -0.4 is 5.32 Å². The molecule has 1 heterocycles. The summed E-state index contributed by atoms with van der Waals surface area (Å²) in [6.45, 7) is 3.01. The molecule has 18 heavy (non-hydrogen) atoms. The van der Waals surface area contributed by atoms with Gasteiger partial charge < -0.3 is 10.1 Å². The van der Waals surface area contributed by atoms with Gasteiger partial charge in [-0.3, -0.25) is 4.68 Å². The first-order valence-electron chi connectivity index (χ1n) is 7.02. The summed E-state index contributed by atoms with van der Waals surface area (Å²) in [4.78, 5) is 0. The third-order valence-corrected chi connectivity index (χ3v) is 3.82. The Morgan fingerprint density at radius 1 is 1.61 bits per heavy atom. The highest BCUT2D eigenvalue weighted by Gasteiger charge is 2.25. The first-order valence-corrected chi connectivity index (χ1v) is 7.02. The maximum absolute atomic E-state index is 5.31. The molecule has 2 atom stereocenters. The van der Waals surface area contributed by atoms with Gasteiger partial charge in [-0.1, -0.05) is 13.3 Å². The monoisotopic (exact) mass is 251 g/mol. The maximum atomic E-state index is 5.31. The lowest BCUT2D eigenvalue weighted by Gasteiger charge is -2.28. The number of nitrogens with one attached hydrogen (secondary N) is 1. The SMILES string of the molecule is CCCC(COC)NC1CCCc2c1cnn2C. The Morgan fingerprint density at radius 2 is 2.44 bits per heavy atom. The van der Waals surface area contributed by atoms with Crippen LogP contribution >= 0.6 is 0 Å². The van der Waals surface area contributed by atoms with Crippen LogP contribution in [-0.4, -0.2) is 29.5 Å². The van der Waals surface area contributed by atoms with Crippen LogP contribution in [0.15, 0.2) is 6.20 Å². The summed E-state index contributed by atoms with van der Waals surface area (Å²) in [6, 6.07) is 0.908. The van der Waals surface area contributed by atoms with Gasteiger partial charge >= 0.3 is 0 Å². The second-order valence-corrected chi connectivity index (χ2v) is 5.22. The minimum absolute atomic E-state index is 0.453. The van der Waals surface area contributed by atoms with Crippen molar-refractivity contribution in [2.24, 2.45) is 7.05 Å². The summed E-state index contributed by atoms with van der Waals surface area (Å²) in [7, 11) is 3.82. The van der Waals surface area contributed by atoms with E-state index < -0.39 is 0 Å². The maximum Gasteiger partial charge on any atom is 0.0616 e. The standard InChI is InChI=1S/C14H25N3O/c1-4-6-11(10-18-3)16-13-7-5-8-14-12(13)9-15-17(14)2/h9,11,13,16H,4-8,10H2,1-3H3. The number of aromatic nitrogens is 2. The Morgan fingerprint density at radius 3 is 3.17 bits per heavy atom. The summed E-state index contributed by atoms with van der Waals surface area (Å²) < 4.78 is 7.33. The van der Waals surface area contributed by atoms with Crippen molar-refractivity contribution in [1.29, 1.82) is 0 Å². The quantitative estimate of drug-likeness (QED) is 0.842. The summed E-state index contributed by atoms with van der Waals surface area (Å²) >= 11 is 0. The first-order chi connectivity index (χ1) is 8.76. The smallest absolute Gasteiger partial charge is 0.0616 e. The van der Waals surface area contributed by atoms with Gasteiger partial charge in [0.25, 0.3) is 0 Å². The fraction of sp³-hybridized carbons (Fsp3) is 0.786. The Hall–Kier alpha value is -0.870. The number of aryl methyl sites for hydroxylation is 1. The zero-order valence-electron chi connectivity index (χ0n) is 11.8. The largest absolute Gasteiger partial charge is 0.383 e. The van der Waals surface area contributed by atoms with Crippen molar-refractivity contribution in [1.82, 2.24) is 15.1 Å². The molecule has 0 spiro atoms. The van der Waals surface area contributed by atoms with E-state index in [-0.39, 0.29) is 0 Å². The van der Waals surface area contributed by atoms with E-state index in [1.807, 2.05) is 17.9 Å². The highest BCUT2D eigenvalue weighted by atomic mass is 16.5. The molecule has 1 aliphatic rings. The Bertz CT molecular complexity index is 369. The third kappa shape index (κ3) is 2.93. The molecule has 0 aliphatic heterocycles. The van der Waals surface area contributed by atoms with Crippen molar-refractivity contribution in [3.63, 3.8) is 0 Å². The van der Waals surface area contributed by atoms with Crippen LogP contribution in [0.2, 0.25) is 0 Å². The molecule has 1 aromatic rings. The minimum atomic E-state index is 0.453. The highest BCUT2D eigenvalue weighted by molar-refractivity contribution is 5.24. The molecule has 1 N–H and O–H groups in total. The fourth-order valence-corrected chi connectivity index (χ4v) is 2.93. The van der Waals surface area contributed by atoms with Crippen LogP contribution in [0.25, 0.3) is 0 Å². The molecule has 1 aromatic heterocycles. The van der Waals surface area contributed by atoms with Gasteiger partial charge in [0.1, 0.15) is 0 Å². The van der Waals surface area contributed by atoms with Crippen LogP contribution in [0.4, 0.5) is 0 Å². The van der Waals surface area contributed by atoms with Crippen molar-refractivity contribution >= 4 is 0 Å². The molecule has 0 saturated carbocycles. The number of methoxy groups -OCH3 is 1. The lowest BCUT2D eigenvalue weighted by atomic mass is 9.92. The molecule has 2 rings (SSSR count). The summed E-state index contributed by atoms with van der Waals surface area (Å²) in [5.74, 6) is 0. The molecule has 102 valence electrons. The topological polar surface area (TPSA) is 39.1 Å². The minimum Gasteiger partial charge on any atom is -0.383 e. The van der Waals surface area contributed by atoms with E-state index in [9.17, 15) is 0 Å². The summed E-state index contributed by atoms with van der Waals surface area (Å²) in [5, 5.41) is 8.14. The third-order valence-electron chi connectivity index (χ3n) is 3.82. The van der Waals surface area contributed by atoms with E-state index in [0.717, 1.165) is 13.0 Å². The molecule has 4 heteroatoms. The molecule has 0 radical (unpaired) electrons. The predicted octanol–water partition coefficient (Wildman–Crippen LogP) is 2.20. The van der Waals surface area contributed by atoms with Crippen LogP contribution in [-0.2, 0) is 18.2 Å². The Kier molecular flexibility index (Phi) is 4.78. The van der Waals surface area contributed by atoms with Gasteiger partial charge in [-0.05, 0) is 25.7 Å². The summed E-state index contributed by atoms with van der Waals surface area (Å²) in [6.07, 6.45) is 8.00. The molecular weight excluding hydrogens is 226 g/mol. The van der Waals surface area contributed by atoms with Crippen molar-refractivity contribution in [2.75, 3.05) is 13.7 Å². The second kappa shape index (κ2) is 6.34. The Balaban J connectivity index is 2.05. The Labute approximate surface area is 110 Å². The van der Waals surface area contributed by atoms with Crippen LogP contribution in [0.1, 0.15) is 49.9 Å². The van der Waals surface area contributed by atoms with Crippen molar-refractivity contribution < 1.29 is 4.74 Å². The second-order valence-electron chi connectivity index (χ2n) is 5.22. The zero-order valence-corrected chi connectivity index (χ0v) is 11.8. The van der Waals surface area contributed by atoms with E-state index in [1.165, 1.54) is 36.9 Å². The lowest BCUT2D eigenvalue weighted by Crippen LogP contribution is -2.37. The van der Waals surface area contributed by atoms with E-state index in [1.54, 1.807) is 7.11 Å². The van der Waals surface area contributed by atoms with Crippen molar-refractivity contribution in [3.8, 4) is 0 Å². The number of nitrogens with zero attached hydrogens (tertiary/aromatic N) is 2. The van der Waals surface area contributed by atoms with Gasteiger partial charge in [0, 0.05) is 37.5 Å². The lowest BCUT2D eigenvalue weighted by molar-refractivity contribution is 0.154. The number of ether oxygens (including phenoxy) is 1. The van der Waals surface area contributed by atoms with Crippen molar-refractivity contribution in [2.45, 2.75) is 51.1 Å². The van der Waals surface area contributed by atoms with E-state index in [4.69, 9.17) is 4.74 Å². The molecule has 1 aliphatic carbocycles. The number of fused-ring (bicyclic) bond motifs is 1. The van der Waals surface area contributed by atoms with E-state index in [2.05, 4.69) is 17.3 Å². The van der Waals surface area contributed by atoms with Gasteiger partial charge in [-0.2, -0.15) is 5.10 Å². The first kappa shape index (κ1) is 13.6. The molecule has 4 nitrogen and oxygen atoms in total. The van der Waals surface area contributed by atoms with Gasteiger partial charge in [0.2, 0.25) is 0 Å². The molecule has 0 amide bonds. The average Bonchev–Trinajstić information content (AvgIpc) is 2.73. The molecule has 0 aromatic carbocycles. The summed E-state index contributed by atoms with van der Waals surface area (Å²) in [5.41, 5.74) is 2.78.